The van der Waals surface area contributed by atoms with Crippen LogP contribution in [0.2, 0.25) is 0 Å². The summed E-state index contributed by atoms with van der Waals surface area (Å²) in [5.74, 6) is -0.795. The normalized spacial score (nSPS) is 11.0. The smallest absolute Gasteiger partial charge is 0.417 e. The van der Waals surface area contributed by atoms with Crippen LogP contribution in [-0.4, -0.2) is 12.6 Å². The van der Waals surface area contributed by atoms with E-state index in [2.05, 4.69) is 0 Å². The van der Waals surface area contributed by atoms with Crippen molar-refractivity contribution in [3.63, 3.8) is 0 Å². The molecule has 20 heavy (non-hydrogen) atoms. The second kappa shape index (κ2) is 6.62. The predicted molar refractivity (Wildman–Crippen MR) is 66.1 cm³/mol. The summed E-state index contributed by atoms with van der Waals surface area (Å²) in [6.45, 7) is 1.69. The van der Waals surface area contributed by atoms with Crippen molar-refractivity contribution in [1.29, 1.82) is 5.26 Å². The molecule has 108 valence electrons. The molecule has 0 spiro atoms. The van der Waals surface area contributed by atoms with Crippen LogP contribution in [0.1, 0.15) is 29.2 Å². The Morgan fingerprint density at radius 1 is 1.45 bits per heavy atom. The van der Waals surface area contributed by atoms with Crippen LogP contribution in [-0.2, 0) is 28.0 Å². The highest BCUT2D eigenvalue weighted by Crippen LogP contribution is 2.34. The average molecular weight is 306 g/mol. The maximum atomic E-state index is 12.8. The summed E-state index contributed by atoms with van der Waals surface area (Å²) in [5, 5.41) is 8.98. The molecule has 0 aliphatic rings. The lowest BCUT2D eigenvalue weighted by Gasteiger charge is -2.15. The van der Waals surface area contributed by atoms with Gasteiger partial charge in [0, 0.05) is 5.88 Å². The highest BCUT2D eigenvalue weighted by Gasteiger charge is 2.35. The van der Waals surface area contributed by atoms with Crippen molar-refractivity contribution in [2.45, 2.75) is 25.4 Å². The molecule has 0 amide bonds. The summed E-state index contributed by atoms with van der Waals surface area (Å²) in [4.78, 5) is 11.5. The number of benzene rings is 1. The fraction of sp³-hybridized carbons (Fsp3) is 0.385. The number of hydrogen-bond donors (Lipinski definition) is 0. The van der Waals surface area contributed by atoms with Gasteiger partial charge in [-0.1, -0.05) is 6.07 Å². The Morgan fingerprint density at radius 2 is 2.10 bits per heavy atom. The quantitative estimate of drug-likeness (QED) is 0.632. The van der Waals surface area contributed by atoms with Crippen LogP contribution in [0.25, 0.3) is 0 Å². The summed E-state index contributed by atoms with van der Waals surface area (Å²) in [7, 11) is 0. The molecule has 0 saturated heterocycles. The number of nitrogens with zero attached hydrogens (tertiary/aromatic N) is 1. The third kappa shape index (κ3) is 3.64. The summed E-state index contributed by atoms with van der Waals surface area (Å²) >= 11 is 5.65. The molecule has 0 atom stereocenters. The first kappa shape index (κ1) is 16.3. The average Bonchev–Trinajstić information content (AvgIpc) is 2.37. The number of carbonyl (C=O) groups excluding carboxylic acids is 1. The van der Waals surface area contributed by atoms with Crippen LogP contribution in [0.3, 0.4) is 0 Å². The maximum absolute atomic E-state index is 12.8. The molecule has 0 fully saturated rings. The summed E-state index contributed by atoms with van der Waals surface area (Å²) in [6, 6.07) is 3.47. The van der Waals surface area contributed by atoms with Crippen molar-refractivity contribution in [3.05, 3.63) is 34.4 Å². The molecular formula is C13H11ClF3NO2. The molecule has 1 aromatic rings. The lowest BCUT2D eigenvalue weighted by atomic mass is 9.94. The number of rotatable bonds is 4. The number of carbonyl (C=O) groups is 1. The number of nitriles is 1. The number of esters is 1. The van der Waals surface area contributed by atoms with Gasteiger partial charge in [0.15, 0.2) is 0 Å². The van der Waals surface area contributed by atoms with E-state index in [0.29, 0.717) is 5.56 Å². The van der Waals surface area contributed by atoms with E-state index < -0.39 is 29.7 Å². The SMILES string of the molecule is CCOC(=O)Cc1c(CCl)ccc(C(F)(F)F)c1C#N. The minimum atomic E-state index is -4.67. The van der Waals surface area contributed by atoms with Crippen molar-refractivity contribution in [2.24, 2.45) is 0 Å². The van der Waals surface area contributed by atoms with Crippen LogP contribution in [0, 0.1) is 11.3 Å². The van der Waals surface area contributed by atoms with Crippen LogP contribution in [0.4, 0.5) is 13.2 Å². The second-order valence-corrected chi connectivity index (χ2v) is 4.12. The van der Waals surface area contributed by atoms with Crippen molar-refractivity contribution in [3.8, 4) is 6.07 Å². The number of halogens is 4. The van der Waals surface area contributed by atoms with E-state index in [1.54, 1.807) is 6.92 Å². The summed E-state index contributed by atoms with van der Waals surface area (Å²) < 4.78 is 43.2. The van der Waals surface area contributed by atoms with E-state index >= 15 is 0 Å². The lowest BCUT2D eigenvalue weighted by Crippen LogP contribution is -2.15. The summed E-state index contributed by atoms with van der Waals surface area (Å²) in [6.07, 6.45) is -5.08. The summed E-state index contributed by atoms with van der Waals surface area (Å²) in [5.41, 5.74) is -1.38. The molecule has 0 heterocycles. The van der Waals surface area contributed by atoms with Gasteiger partial charge in [0.1, 0.15) is 6.07 Å². The van der Waals surface area contributed by atoms with Crippen molar-refractivity contribution in [2.75, 3.05) is 6.61 Å². The minimum absolute atomic E-state index is 0.0317. The van der Waals surface area contributed by atoms with Gasteiger partial charge >= 0.3 is 12.1 Å². The van der Waals surface area contributed by atoms with E-state index in [1.807, 2.05) is 0 Å². The molecular weight excluding hydrogens is 295 g/mol. The highest BCUT2D eigenvalue weighted by atomic mass is 35.5. The molecule has 0 bridgehead atoms. The zero-order chi connectivity index (χ0) is 15.3. The molecule has 0 N–H and O–H groups in total. The molecule has 0 radical (unpaired) electrons. The van der Waals surface area contributed by atoms with E-state index in [-0.39, 0.29) is 18.1 Å². The molecule has 0 aliphatic carbocycles. The van der Waals surface area contributed by atoms with Crippen LogP contribution in [0.5, 0.6) is 0 Å². The first-order valence-electron chi connectivity index (χ1n) is 5.68. The Hall–Kier alpha value is -1.74. The Balaban J connectivity index is 3.38. The van der Waals surface area contributed by atoms with Gasteiger partial charge in [-0.15, -0.1) is 11.6 Å². The molecule has 0 aliphatic heterocycles. The first-order chi connectivity index (χ1) is 9.35. The Bertz CT molecular complexity index is 550. The monoisotopic (exact) mass is 305 g/mol. The van der Waals surface area contributed by atoms with Gasteiger partial charge < -0.3 is 4.74 Å². The topological polar surface area (TPSA) is 50.1 Å². The molecule has 1 aromatic carbocycles. The van der Waals surface area contributed by atoms with Gasteiger partial charge in [-0.2, -0.15) is 18.4 Å². The second-order valence-electron chi connectivity index (χ2n) is 3.85. The predicted octanol–water partition coefficient (Wildman–Crippen LogP) is 3.42. The van der Waals surface area contributed by atoms with Crippen LogP contribution >= 0.6 is 11.6 Å². The van der Waals surface area contributed by atoms with Gasteiger partial charge in [0.2, 0.25) is 0 Å². The van der Waals surface area contributed by atoms with Gasteiger partial charge in [-0.25, -0.2) is 0 Å². The number of hydrogen-bond acceptors (Lipinski definition) is 3. The molecule has 0 unspecified atom stereocenters. The Morgan fingerprint density at radius 3 is 2.55 bits per heavy atom. The van der Waals surface area contributed by atoms with Crippen molar-refractivity contribution < 1.29 is 22.7 Å². The van der Waals surface area contributed by atoms with Crippen LogP contribution in [0.15, 0.2) is 12.1 Å². The molecule has 1 rings (SSSR count). The first-order valence-corrected chi connectivity index (χ1v) is 6.22. The zero-order valence-corrected chi connectivity index (χ0v) is 11.3. The van der Waals surface area contributed by atoms with Gasteiger partial charge in [0.25, 0.3) is 0 Å². The standard InChI is InChI=1S/C13H11ClF3NO2/c1-2-20-12(19)5-9-8(6-14)3-4-11(10(9)7-18)13(15,16)17/h3-4H,2,5-6H2,1H3. The van der Waals surface area contributed by atoms with Gasteiger partial charge in [-0.05, 0) is 24.1 Å². The Labute approximate surface area is 118 Å². The highest BCUT2D eigenvalue weighted by molar-refractivity contribution is 6.17. The molecule has 0 saturated carbocycles. The number of ether oxygens (including phenoxy) is 1. The van der Waals surface area contributed by atoms with Gasteiger partial charge in [0.05, 0.1) is 24.2 Å². The largest absolute Gasteiger partial charge is 0.466 e. The minimum Gasteiger partial charge on any atom is -0.466 e. The third-order valence-corrected chi connectivity index (χ3v) is 2.89. The fourth-order valence-electron chi connectivity index (χ4n) is 1.74. The molecule has 3 nitrogen and oxygen atoms in total. The van der Waals surface area contributed by atoms with E-state index in [0.717, 1.165) is 6.07 Å². The third-order valence-electron chi connectivity index (χ3n) is 2.60. The van der Waals surface area contributed by atoms with E-state index in [4.69, 9.17) is 21.6 Å². The zero-order valence-electron chi connectivity index (χ0n) is 10.6. The maximum Gasteiger partial charge on any atom is 0.417 e. The fourth-order valence-corrected chi connectivity index (χ4v) is 1.99. The molecule has 7 heteroatoms. The van der Waals surface area contributed by atoms with E-state index in [1.165, 1.54) is 12.1 Å². The van der Waals surface area contributed by atoms with Crippen molar-refractivity contribution >= 4 is 17.6 Å². The number of alkyl halides is 4. The van der Waals surface area contributed by atoms with Crippen LogP contribution < -0.4 is 0 Å². The van der Waals surface area contributed by atoms with E-state index in [9.17, 15) is 18.0 Å². The lowest BCUT2D eigenvalue weighted by molar-refractivity contribution is -0.142. The van der Waals surface area contributed by atoms with Crippen molar-refractivity contribution in [1.82, 2.24) is 0 Å². The Kier molecular flexibility index (Phi) is 5.40. The molecule has 0 aromatic heterocycles. The van der Waals surface area contributed by atoms with Gasteiger partial charge in [-0.3, -0.25) is 4.79 Å².